The molecule has 0 aliphatic rings. The van der Waals surface area contributed by atoms with E-state index in [0.717, 1.165) is 34.7 Å². The Labute approximate surface area is 116 Å². The highest BCUT2D eigenvalue weighted by Gasteiger charge is 2.21. The van der Waals surface area contributed by atoms with Gasteiger partial charge in [-0.2, -0.15) is 0 Å². The van der Waals surface area contributed by atoms with Crippen molar-refractivity contribution in [3.05, 3.63) is 40.3 Å². The van der Waals surface area contributed by atoms with Crippen molar-refractivity contribution >= 4 is 15.9 Å². The first kappa shape index (κ1) is 13.4. The summed E-state index contributed by atoms with van der Waals surface area (Å²) in [6, 6.07) is 2.09. The van der Waals surface area contributed by atoms with Crippen molar-refractivity contribution in [3.8, 4) is 0 Å². The molecule has 5 heteroatoms. The molecule has 2 heterocycles. The fourth-order valence-corrected chi connectivity index (χ4v) is 2.43. The van der Waals surface area contributed by atoms with Gasteiger partial charge in [0.25, 0.3) is 0 Å². The number of furan rings is 1. The topological polar surface area (TPSA) is 43.0 Å². The van der Waals surface area contributed by atoms with Gasteiger partial charge >= 0.3 is 0 Å². The van der Waals surface area contributed by atoms with Crippen LogP contribution in [0.4, 0.5) is 0 Å². The number of hydrogen-bond acceptors (Lipinski definition) is 3. The van der Waals surface area contributed by atoms with Crippen LogP contribution in [0.2, 0.25) is 0 Å². The molecule has 1 N–H and O–H groups in total. The van der Waals surface area contributed by atoms with E-state index < -0.39 is 0 Å². The highest BCUT2D eigenvalue weighted by atomic mass is 79.9. The van der Waals surface area contributed by atoms with E-state index in [1.165, 1.54) is 0 Å². The first-order valence-corrected chi connectivity index (χ1v) is 6.89. The Kier molecular flexibility index (Phi) is 4.24. The van der Waals surface area contributed by atoms with Crippen molar-refractivity contribution in [3.63, 3.8) is 0 Å². The zero-order valence-electron chi connectivity index (χ0n) is 10.9. The van der Waals surface area contributed by atoms with Crippen LogP contribution in [-0.4, -0.2) is 16.1 Å². The molecule has 0 aliphatic carbocycles. The second-order valence-electron chi connectivity index (χ2n) is 4.33. The summed E-state index contributed by atoms with van der Waals surface area (Å²) in [7, 11) is 2.03. The van der Waals surface area contributed by atoms with Gasteiger partial charge in [-0.15, -0.1) is 0 Å². The van der Waals surface area contributed by atoms with Gasteiger partial charge in [0.2, 0.25) is 0 Å². The summed E-state index contributed by atoms with van der Waals surface area (Å²) < 4.78 is 8.22. The fourth-order valence-electron chi connectivity index (χ4n) is 1.96. The van der Waals surface area contributed by atoms with Gasteiger partial charge in [0.15, 0.2) is 4.67 Å². The molecular formula is C13H18BrN3O. The quantitative estimate of drug-likeness (QED) is 0.922. The van der Waals surface area contributed by atoms with E-state index in [9.17, 15) is 0 Å². The van der Waals surface area contributed by atoms with Gasteiger partial charge in [-0.25, -0.2) is 4.98 Å². The lowest BCUT2D eigenvalue weighted by atomic mass is 10.1. The summed E-state index contributed by atoms with van der Waals surface area (Å²) in [5.74, 6) is 1.01. The number of halogens is 1. The lowest BCUT2D eigenvalue weighted by Crippen LogP contribution is -2.25. The largest absolute Gasteiger partial charge is 0.457 e. The summed E-state index contributed by atoms with van der Waals surface area (Å²) in [5.41, 5.74) is 2.24. The summed E-state index contributed by atoms with van der Waals surface area (Å²) in [6.45, 7) is 5.11. The van der Waals surface area contributed by atoms with Crippen LogP contribution < -0.4 is 5.32 Å². The number of rotatable bonds is 5. The van der Waals surface area contributed by atoms with Crippen molar-refractivity contribution in [1.29, 1.82) is 0 Å². The fraction of sp³-hybridized carbons (Fsp3) is 0.462. The van der Waals surface area contributed by atoms with Crippen LogP contribution in [0.25, 0.3) is 0 Å². The van der Waals surface area contributed by atoms with Gasteiger partial charge in [0.1, 0.15) is 5.82 Å². The molecule has 0 aromatic carbocycles. The third-order valence-corrected chi connectivity index (χ3v) is 3.75. The average Bonchev–Trinajstić information content (AvgIpc) is 2.91. The third kappa shape index (κ3) is 2.52. The SMILES string of the molecule is CCCNC(c1ccoc1Br)c1cnc(C)n1C. The molecule has 2 rings (SSSR count). The van der Waals surface area contributed by atoms with Crippen molar-refractivity contribution in [2.24, 2.45) is 7.05 Å². The molecule has 0 radical (unpaired) electrons. The normalized spacial score (nSPS) is 12.9. The molecule has 1 atom stereocenters. The number of hydrogen-bond donors (Lipinski definition) is 1. The maximum absolute atomic E-state index is 5.34. The van der Waals surface area contributed by atoms with Gasteiger partial charge in [-0.1, -0.05) is 6.92 Å². The second kappa shape index (κ2) is 5.71. The highest BCUT2D eigenvalue weighted by Crippen LogP contribution is 2.29. The molecule has 18 heavy (non-hydrogen) atoms. The second-order valence-corrected chi connectivity index (χ2v) is 5.05. The smallest absolute Gasteiger partial charge is 0.174 e. The molecule has 2 aromatic heterocycles. The predicted molar refractivity (Wildman–Crippen MR) is 74.5 cm³/mol. The standard InChI is InChI=1S/C13H18BrN3O/c1-4-6-15-12(10-5-7-18-13(10)14)11-8-16-9(2)17(11)3/h5,7-8,12,15H,4,6H2,1-3H3. The Bertz CT molecular complexity index is 518. The van der Waals surface area contributed by atoms with E-state index in [2.05, 4.69) is 37.7 Å². The molecule has 0 fully saturated rings. The molecule has 0 aliphatic heterocycles. The predicted octanol–water partition coefficient (Wildman–Crippen LogP) is 3.17. The summed E-state index contributed by atoms with van der Waals surface area (Å²) in [6.07, 6.45) is 4.70. The monoisotopic (exact) mass is 311 g/mol. The van der Waals surface area contributed by atoms with E-state index in [-0.39, 0.29) is 6.04 Å². The molecule has 0 bridgehead atoms. The van der Waals surface area contributed by atoms with Crippen LogP contribution in [0.5, 0.6) is 0 Å². The minimum absolute atomic E-state index is 0.101. The molecule has 2 aromatic rings. The van der Waals surface area contributed by atoms with E-state index >= 15 is 0 Å². The molecule has 0 saturated carbocycles. The Balaban J connectivity index is 2.37. The van der Waals surface area contributed by atoms with Crippen LogP contribution in [0.15, 0.2) is 27.6 Å². The zero-order valence-corrected chi connectivity index (χ0v) is 12.5. The molecule has 98 valence electrons. The van der Waals surface area contributed by atoms with Gasteiger partial charge in [0.05, 0.1) is 24.2 Å². The van der Waals surface area contributed by atoms with Gasteiger partial charge < -0.3 is 14.3 Å². The molecule has 1 unspecified atom stereocenters. The van der Waals surface area contributed by atoms with Gasteiger partial charge in [0, 0.05) is 12.6 Å². The lowest BCUT2D eigenvalue weighted by molar-refractivity contribution is 0.516. The number of aromatic nitrogens is 2. The lowest BCUT2D eigenvalue weighted by Gasteiger charge is -2.18. The molecular weight excluding hydrogens is 294 g/mol. The molecule has 4 nitrogen and oxygen atoms in total. The Morgan fingerprint density at radius 3 is 2.83 bits per heavy atom. The molecule has 0 amide bonds. The number of nitrogens with one attached hydrogen (secondary N) is 1. The number of aryl methyl sites for hydroxylation is 1. The van der Waals surface area contributed by atoms with Crippen LogP contribution in [-0.2, 0) is 7.05 Å². The number of imidazole rings is 1. The first-order valence-electron chi connectivity index (χ1n) is 6.09. The van der Waals surface area contributed by atoms with E-state index in [1.807, 2.05) is 26.2 Å². The van der Waals surface area contributed by atoms with Crippen molar-refractivity contribution < 1.29 is 4.42 Å². The van der Waals surface area contributed by atoms with Crippen LogP contribution in [0.1, 0.15) is 36.5 Å². The summed E-state index contributed by atoms with van der Waals surface area (Å²) >= 11 is 3.45. The summed E-state index contributed by atoms with van der Waals surface area (Å²) in [5, 5.41) is 3.53. The van der Waals surface area contributed by atoms with E-state index in [4.69, 9.17) is 4.42 Å². The Morgan fingerprint density at radius 2 is 2.33 bits per heavy atom. The molecule has 0 saturated heterocycles. The first-order chi connectivity index (χ1) is 8.65. The van der Waals surface area contributed by atoms with Crippen LogP contribution in [0, 0.1) is 6.92 Å². The van der Waals surface area contributed by atoms with Gasteiger partial charge in [-0.3, -0.25) is 0 Å². The van der Waals surface area contributed by atoms with E-state index in [0.29, 0.717) is 0 Å². The van der Waals surface area contributed by atoms with Crippen LogP contribution >= 0.6 is 15.9 Å². The average molecular weight is 312 g/mol. The van der Waals surface area contributed by atoms with Crippen LogP contribution in [0.3, 0.4) is 0 Å². The molecule has 0 spiro atoms. The zero-order chi connectivity index (χ0) is 13.1. The highest BCUT2D eigenvalue weighted by molar-refractivity contribution is 9.10. The Morgan fingerprint density at radius 1 is 1.56 bits per heavy atom. The minimum atomic E-state index is 0.101. The maximum atomic E-state index is 5.34. The van der Waals surface area contributed by atoms with Crippen molar-refractivity contribution in [2.45, 2.75) is 26.3 Å². The van der Waals surface area contributed by atoms with Crippen molar-refractivity contribution in [2.75, 3.05) is 6.54 Å². The van der Waals surface area contributed by atoms with E-state index in [1.54, 1.807) is 6.26 Å². The minimum Gasteiger partial charge on any atom is -0.457 e. The summed E-state index contributed by atoms with van der Waals surface area (Å²) in [4.78, 5) is 4.36. The maximum Gasteiger partial charge on any atom is 0.174 e. The van der Waals surface area contributed by atoms with Gasteiger partial charge in [-0.05, 0) is 41.9 Å². The number of nitrogens with zero attached hydrogens (tertiary/aromatic N) is 2. The third-order valence-electron chi connectivity index (χ3n) is 3.11. The van der Waals surface area contributed by atoms with Crippen molar-refractivity contribution in [1.82, 2.24) is 14.9 Å². The Hall–Kier alpha value is -1.07.